The first-order valence-corrected chi connectivity index (χ1v) is 12.6. The molecule has 0 radical (unpaired) electrons. The summed E-state index contributed by atoms with van der Waals surface area (Å²) in [4.78, 5) is 43.0. The van der Waals surface area contributed by atoms with Crippen molar-refractivity contribution in [2.24, 2.45) is 4.99 Å². The second-order valence-electron chi connectivity index (χ2n) is 7.58. The summed E-state index contributed by atoms with van der Waals surface area (Å²) in [5, 5.41) is 21.4. The number of allylic oxidation sites excluding steroid dienone is 1. The predicted octanol–water partition coefficient (Wildman–Crippen LogP) is 3.13. The molecule has 0 spiro atoms. The summed E-state index contributed by atoms with van der Waals surface area (Å²) in [6, 6.07) is 10.4. The molecule has 0 amide bonds. The molecule has 1 N–H and O–H groups in total. The van der Waals surface area contributed by atoms with Crippen molar-refractivity contribution in [3.05, 3.63) is 94.7 Å². The number of nitro benzene ring substituents is 1. The molecule has 0 fully saturated rings. The number of ether oxygens (including phenoxy) is 1. The molecule has 1 atom stereocenters. The lowest BCUT2D eigenvalue weighted by Crippen LogP contribution is -2.39. The SMILES string of the molecule is CCOC(=O)C1=C(C)N=c2s/c(=C\c3cc([N+](=O)[O-])ccc3O)c(=O)n2C1c1ccc(SC)cc1. The van der Waals surface area contributed by atoms with Gasteiger partial charge in [-0.3, -0.25) is 19.5 Å². The lowest BCUT2D eigenvalue weighted by atomic mass is 9.96. The minimum absolute atomic E-state index is 0.131. The van der Waals surface area contributed by atoms with Crippen molar-refractivity contribution in [3.8, 4) is 5.75 Å². The van der Waals surface area contributed by atoms with E-state index in [4.69, 9.17) is 4.74 Å². The number of thiazole rings is 1. The van der Waals surface area contributed by atoms with Crippen molar-refractivity contribution in [2.45, 2.75) is 24.8 Å². The number of phenolic OH excluding ortho intramolecular Hbond substituents is 1. The number of carbonyl (C=O) groups excluding carboxylic acids is 1. The van der Waals surface area contributed by atoms with Crippen LogP contribution in [-0.2, 0) is 9.53 Å². The van der Waals surface area contributed by atoms with Crippen LogP contribution in [0.5, 0.6) is 5.75 Å². The van der Waals surface area contributed by atoms with Crippen LogP contribution in [0.25, 0.3) is 6.08 Å². The summed E-state index contributed by atoms with van der Waals surface area (Å²) in [6.07, 6.45) is 3.35. The van der Waals surface area contributed by atoms with Crippen molar-refractivity contribution in [1.29, 1.82) is 0 Å². The van der Waals surface area contributed by atoms with E-state index in [1.807, 2.05) is 30.5 Å². The first kappa shape index (κ1) is 24.4. The maximum absolute atomic E-state index is 13.6. The molecule has 1 unspecified atom stereocenters. The number of non-ortho nitro benzene ring substituents is 1. The van der Waals surface area contributed by atoms with Crippen molar-refractivity contribution in [2.75, 3.05) is 12.9 Å². The Morgan fingerprint density at radius 3 is 2.66 bits per heavy atom. The average Bonchev–Trinajstić information content (AvgIpc) is 3.14. The van der Waals surface area contributed by atoms with Crippen LogP contribution in [0.3, 0.4) is 0 Å². The zero-order valence-corrected chi connectivity index (χ0v) is 20.7. The van der Waals surface area contributed by atoms with E-state index in [2.05, 4.69) is 4.99 Å². The fourth-order valence-electron chi connectivity index (χ4n) is 3.81. The molecule has 0 aliphatic carbocycles. The monoisotopic (exact) mass is 511 g/mol. The fraction of sp³-hybridized carbons (Fsp3) is 0.208. The fourth-order valence-corrected chi connectivity index (χ4v) is 5.25. The van der Waals surface area contributed by atoms with E-state index in [9.17, 15) is 24.8 Å². The van der Waals surface area contributed by atoms with Crippen molar-refractivity contribution < 1.29 is 19.6 Å². The van der Waals surface area contributed by atoms with Gasteiger partial charge in [0.25, 0.3) is 11.2 Å². The maximum atomic E-state index is 13.6. The van der Waals surface area contributed by atoms with E-state index in [1.165, 1.54) is 28.8 Å². The smallest absolute Gasteiger partial charge is 0.338 e. The van der Waals surface area contributed by atoms with Gasteiger partial charge in [-0.15, -0.1) is 11.8 Å². The summed E-state index contributed by atoms with van der Waals surface area (Å²) in [6.45, 7) is 3.57. The molecular weight excluding hydrogens is 490 g/mol. The molecule has 2 aromatic carbocycles. The van der Waals surface area contributed by atoms with Crippen molar-refractivity contribution in [1.82, 2.24) is 4.57 Å². The molecule has 1 aliphatic heterocycles. The number of aromatic nitrogens is 1. The van der Waals surface area contributed by atoms with Gasteiger partial charge in [-0.25, -0.2) is 9.79 Å². The number of fused-ring (bicyclic) bond motifs is 1. The molecule has 3 aromatic rings. The first-order chi connectivity index (χ1) is 16.7. The third-order valence-corrected chi connectivity index (χ3v) is 7.18. The Balaban J connectivity index is 1.95. The number of thioether (sulfide) groups is 1. The highest BCUT2D eigenvalue weighted by Crippen LogP contribution is 2.32. The summed E-state index contributed by atoms with van der Waals surface area (Å²) < 4.78 is 6.92. The van der Waals surface area contributed by atoms with Crippen LogP contribution < -0.4 is 14.9 Å². The molecule has 0 bridgehead atoms. The van der Waals surface area contributed by atoms with E-state index in [0.29, 0.717) is 16.1 Å². The van der Waals surface area contributed by atoms with Crippen LogP contribution in [0.15, 0.2) is 68.4 Å². The lowest BCUT2D eigenvalue weighted by Gasteiger charge is -2.24. The molecule has 2 heterocycles. The molecule has 1 aliphatic rings. The Labute approximate surface area is 207 Å². The number of benzene rings is 2. The third-order valence-electron chi connectivity index (χ3n) is 5.46. The van der Waals surface area contributed by atoms with Crippen LogP contribution in [0, 0.1) is 10.1 Å². The number of phenols is 1. The van der Waals surface area contributed by atoms with Gasteiger partial charge in [-0.1, -0.05) is 23.5 Å². The normalized spacial score (nSPS) is 15.5. The topological polar surface area (TPSA) is 124 Å². The van der Waals surface area contributed by atoms with Gasteiger partial charge in [-0.2, -0.15) is 0 Å². The summed E-state index contributed by atoms with van der Waals surface area (Å²) >= 11 is 2.65. The molecule has 180 valence electrons. The molecule has 35 heavy (non-hydrogen) atoms. The average molecular weight is 512 g/mol. The lowest BCUT2D eigenvalue weighted by molar-refractivity contribution is -0.384. The van der Waals surface area contributed by atoms with Crippen molar-refractivity contribution in [3.63, 3.8) is 0 Å². The number of nitro groups is 1. The zero-order valence-electron chi connectivity index (χ0n) is 19.0. The number of esters is 1. The van der Waals surface area contributed by atoms with E-state index in [1.54, 1.807) is 25.6 Å². The number of carbonyl (C=O) groups is 1. The first-order valence-electron chi connectivity index (χ1n) is 10.6. The van der Waals surface area contributed by atoms with Gasteiger partial charge in [0.2, 0.25) is 0 Å². The second-order valence-corrected chi connectivity index (χ2v) is 9.46. The van der Waals surface area contributed by atoms with Gasteiger partial charge >= 0.3 is 5.97 Å². The Hall–Kier alpha value is -3.70. The summed E-state index contributed by atoms with van der Waals surface area (Å²) in [5.41, 5.74) is 0.897. The summed E-state index contributed by atoms with van der Waals surface area (Å²) in [5.74, 6) is -0.757. The van der Waals surface area contributed by atoms with E-state index in [-0.39, 0.29) is 33.7 Å². The molecular formula is C24H21N3O6S2. The quantitative estimate of drug-likeness (QED) is 0.233. The zero-order chi connectivity index (χ0) is 25.3. The van der Waals surface area contributed by atoms with Crippen LogP contribution in [0.2, 0.25) is 0 Å². The van der Waals surface area contributed by atoms with E-state index >= 15 is 0 Å². The predicted molar refractivity (Wildman–Crippen MR) is 133 cm³/mol. The van der Waals surface area contributed by atoms with Gasteiger partial charge in [0.15, 0.2) is 4.80 Å². The second kappa shape index (κ2) is 9.88. The number of nitrogens with zero attached hydrogens (tertiary/aromatic N) is 3. The van der Waals surface area contributed by atoms with Gasteiger partial charge in [0, 0.05) is 22.6 Å². The minimum Gasteiger partial charge on any atom is -0.507 e. The van der Waals surface area contributed by atoms with Gasteiger partial charge in [0.05, 0.1) is 33.4 Å². The number of rotatable bonds is 6. The molecule has 0 saturated carbocycles. The van der Waals surface area contributed by atoms with E-state index in [0.717, 1.165) is 16.2 Å². The Morgan fingerprint density at radius 2 is 2.03 bits per heavy atom. The Bertz CT molecular complexity index is 1540. The highest BCUT2D eigenvalue weighted by Gasteiger charge is 2.33. The largest absolute Gasteiger partial charge is 0.507 e. The molecule has 11 heteroatoms. The van der Waals surface area contributed by atoms with Crippen molar-refractivity contribution >= 4 is 40.8 Å². The Kier molecular flexibility index (Phi) is 6.90. The van der Waals surface area contributed by atoms with Crippen LogP contribution in [-0.4, -0.2) is 33.4 Å². The van der Waals surface area contributed by atoms with E-state index < -0.39 is 22.5 Å². The van der Waals surface area contributed by atoms with Gasteiger partial charge < -0.3 is 9.84 Å². The molecule has 0 saturated heterocycles. The van der Waals surface area contributed by atoms with Crippen LogP contribution in [0.1, 0.15) is 31.0 Å². The highest BCUT2D eigenvalue weighted by atomic mass is 32.2. The highest BCUT2D eigenvalue weighted by molar-refractivity contribution is 7.98. The van der Waals surface area contributed by atoms with Crippen LogP contribution >= 0.6 is 23.1 Å². The molecule has 1 aromatic heterocycles. The minimum atomic E-state index is -0.762. The Morgan fingerprint density at radius 1 is 1.31 bits per heavy atom. The standard InChI is InChI=1S/C24H21N3O6S2/c1-4-33-23(30)20-13(2)25-24-26(21(20)14-5-8-17(34-3)9-6-14)22(29)19(35-24)12-15-11-16(27(31)32)7-10-18(15)28/h5-12,21,28H,4H2,1-3H3/b19-12-. The maximum Gasteiger partial charge on any atom is 0.338 e. The van der Waals surface area contributed by atoms with Gasteiger partial charge in [-0.05, 0) is 49.9 Å². The number of hydrogen-bond acceptors (Lipinski definition) is 9. The third kappa shape index (κ3) is 4.64. The number of hydrogen-bond donors (Lipinski definition) is 1. The molecule has 4 rings (SSSR count). The van der Waals surface area contributed by atoms with Crippen LogP contribution in [0.4, 0.5) is 5.69 Å². The number of aromatic hydroxyl groups is 1. The van der Waals surface area contributed by atoms with Gasteiger partial charge in [0.1, 0.15) is 5.75 Å². The summed E-state index contributed by atoms with van der Waals surface area (Å²) in [7, 11) is 0. The molecule has 9 nitrogen and oxygen atoms in total.